The molecule has 4 saturated carbocycles. The van der Waals surface area contributed by atoms with Crippen molar-refractivity contribution >= 4 is 11.8 Å². The summed E-state index contributed by atoms with van der Waals surface area (Å²) in [6.07, 6.45) is 9.60. The highest BCUT2D eigenvalue weighted by Crippen LogP contribution is 2.69. The number of fused-ring (bicyclic) bond motifs is 5. The van der Waals surface area contributed by atoms with Crippen molar-refractivity contribution in [1.29, 1.82) is 0 Å². The molecule has 26 heavy (non-hydrogen) atoms. The zero-order chi connectivity index (χ0) is 17.5. The molecule has 1 aromatic heterocycles. The van der Waals surface area contributed by atoms with Crippen LogP contribution in [0.1, 0.15) is 55.5 Å². The third kappa shape index (κ3) is 2.03. The number of carbonyl (C=O) groups excluding carboxylic acids is 2. The summed E-state index contributed by atoms with van der Waals surface area (Å²) in [4.78, 5) is 27.8. The van der Waals surface area contributed by atoms with Crippen LogP contribution in [0.4, 0.5) is 0 Å². The molecule has 5 heteroatoms. The minimum atomic E-state index is -0.175. The smallest absolute Gasteiger partial charge is 0.289 e. The van der Waals surface area contributed by atoms with Crippen LogP contribution < -0.4 is 5.32 Å². The van der Waals surface area contributed by atoms with Gasteiger partial charge in [0, 0.05) is 12.5 Å². The maximum atomic E-state index is 13.0. The predicted octanol–water partition coefficient (Wildman–Crippen LogP) is 2.83. The quantitative estimate of drug-likeness (QED) is 0.904. The Morgan fingerprint density at radius 3 is 2.58 bits per heavy atom. The Labute approximate surface area is 153 Å². The predicted molar refractivity (Wildman–Crippen MR) is 94.2 cm³/mol. The molecule has 138 valence electrons. The molecule has 5 nitrogen and oxygen atoms in total. The van der Waals surface area contributed by atoms with Gasteiger partial charge in [-0.05, 0) is 80.8 Å². The molecule has 0 aromatic carbocycles. The van der Waals surface area contributed by atoms with Crippen molar-refractivity contribution in [2.75, 3.05) is 6.54 Å². The third-order valence-electron chi connectivity index (χ3n) is 8.08. The summed E-state index contributed by atoms with van der Waals surface area (Å²) in [7, 11) is 0. The van der Waals surface area contributed by atoms with Crippen molar-refractivity contribution < 1.29 is 14.0 Å². The van der Waals surface area contributed by atoms with Crippen LogP contribution in [0.5, 0.6) is 0 Å². The van der Waals surface area contributed by atoms with Gasteiger partial charge in [-0.3, -0.25) is 9.59 Å². The van der Waals surface area contributed by atoms with Crippen LogP contribution in [0, 0.1) is 29.6 Å². The van der Waals surface area contributed by atoms with Crippen molar-refractivity contribution in [2.45, 2.75) is 56.5 Å². The Morgan fingerprint density at radius 1 is 1.15 bits per heavy atom. The normalized spacial score (nSPS) is 41.2. The highest BCUT2D eigenvalue weighted by atomic mass is 16.3. The Bertz CT molecular complexity index is 737. The summed E-state index contributed by atoms with van der Waals surface area (Å²) in [6.45, 7) is 0.765. The standard InChI is InChI=1S/C21H26N2O3/c24-19(18-16-12-5-6-13(11-12)17(16)18)22-21(7-8-21)15-4-1-9-23(15)20(25)14-3-2-10-26-14/h2-3,10,12-13,15-18H,1,4-9,11H2,(H,22,24)/t12-,13+,15?,16+,17-,18?. The lowest BCUT2D eigenvalue weighted by Gasteiger charge is -2.32. The molecule has 2 heterocycles. The molecule has 6 rings (SSSR count). The Kier molecular flexibility index (Phi) is 3.02. The second-order valence-electron chi connectivity index (χ2n) is 9.29. The van der Waals surface area contributed by atoms with Crippen LogP contribution in [-0.4, -0.2) is 34.8 Å². The molecule has 2 bridgehead atoms. The van der Waals surface area contributed by atoms with E-state index in [9.17, 15) is 9.59 Å². The molecular formula is C21H26N2O3. The number of amides is 2. The van der Waals surface area contributed by atoms with Crippen LogP contribution in [0.15, 0.2) is 22.8 Å². The van der Waals surface area contributed by atoms with Gasteiger partial charge in [-0.25, -0.2) is 0 Å². The Morgan fingerprint density at radius 2 is 1.92 bits per heavy atom. The highest BCUT2D eigenvalue weighted by molar-refractivity contribution is 5.92. The van der Waals surface area contributed by atoms with E-state index in [1.54, 1.807) is 18.4 Å². The van der Waals surface area contributed by atoms with E-state index in [-0.39, 0.29) is 29.3 Å². The molecule has 0 radical (unpaired) electrons. The van der Waals surface area contributed by atoms with Gasteiger partial charge in [0.05, 0.1) is 17.8 Å². The first-order valence-corrected chi connectivity index (χ1v) is 10.3. The largest absolute Gasteiger partial charge is 0.459 e. The molecule has 1 aliphatic heterocycles. The van der Waals surface area contributed by atoms with Crippen molar-refractivity contribution in [2.24, 2.45) is 29.6 Å². The van der Waals surface area contributed by atoms with Crippen LogP contribution in [-0.2, 0) is 4.79 Å². The lowest BCUT2D eigenvalue weighted by molar-refractivity contribution is -0.124. The van der Waals surface area contributed by atoms with Gasteiger partial charge in [0.25, 0.3) is 5.91 Å². The van der Waals surface area contributed by atoms with E-state index in [0.29, 0.717) is 17.6 Å². The summed E-state index contributed by atoms with van der Waals surface area (Å²) < 4.78 is 5.32. The first-order valence-electron chi connectivity index (χ1n) is 10.3. The summed E-state index contributed by atoms with van der Waals surface area (Å²) in [5.74, 6) is 3.93. The SMILES string of the molecule is O=C(NC1(C2CCCN2C(=O)c2ccco2)CC1)C1[C@@H]2[C@H]3CC[C@H](C3)[C@H]12. The van der Waals surface area contributed by atoms with Crippen molar-refractivity contribution in [3.63, 3.8) is 0 Å². The van der Waals surface area contributed by atoms with Crippen LogP contribution in [0.2, 0.25) is 0 Å². The van der Waals surface area contributed by atoms with Crippen molar-refractivity contribution in [1.82, 2.24) is 10.2 Å². The number of nitrogens with one attached hydrogen (secondary N) is 1. The minimum absolute atomic E-state index is 0.0284. The summed E-state index contributed by atoms with van der Waals surface area (Å²) in [6, 6.07) is 3.61. The average molecular weight is 354 g/mol. The van der Waals surface area contributed by atoms with Gasteiger partial charge in [-0.1, -0.05) is 0 Å². The van der Waals surface area contributed by atoms with E-state index < -0.39 is 0 Å². The molecule has 2 unspecified atom stereocenters. The maximum absolute atomic E-state index is 13.0. The molecular weight excluding hydrogens is 328 g/mol. The van der Waals surface area contributed by atoms with Gasteiger partial charge >= 0.3 is 0 Å². The fourth-order valence-corrected chi connectivity index (χ4v) is 6.81. The molecule has 5 fully saturated rings. The Hall–Kier alpha value is -1.78. The fourth-order valence-electron chi connectivity index (χ4n) is 6.81. The fraction of sp³-hybridized carbons (Fsp3) is 0.714. The molecule has 0 spiro atoms. The number of furan rings is 1. The monoisotopic (exact) mass is 354 g/mol. The highest BCUT2D eigenvalue weighted by Gasteiger charge is 2.68. The topological polar surface area (TPSA) is 62.6 Å². The van der Waals surface area contributed by atoms with Crippen LogP contribution >= 0.6 is 0 Å². The van der Waals surface area contributed by atoms with E-state index in [1.807, 2.05) is 4.90 Å². The number of nitrogens with zero attached hydrogens (tertiary/aromatic N) is 1. The lowest BCUT2D eigenvalue weighted by atomic mass is 9.99. The summed E-state index contributed by atoms with van der Waals surface area (Å²) in [5.41, 5.74) is -0.175. The second-order valence-corrected chi connectivity index (χ2v) is 9.29. The van der Waals surface area contributed by atoms with E-state index in [0.717, 1.165) is 44.1 Å². The molecule has 1 aromatic rings. The van der Waals surface area contributed by atoms with Crippen molar-refractivity contribution in [3.8, 4) is 0 Å². The minimum Gasteiger partial charge on any atom is -0.459 e. The molecule has 1 N–H and O–H groups in total. The second kappa shape index (κ2) is 5.14. The van der Waals surface area contributed by atoms with E-state index in [4.69, 9.17) is 4.42 Å². The number of carbonyl (C=O) groups is 2. The molecule has 5 aliphatic rings. The van der Waals surface area contributed by atoms with Gasteiger partial charge in [-0.2, -0.15) is 0 Å². The summed E-state index contributed by atoms with van der Waals surface area (Å²) in [5, 5.41) is 3.44. The number of hydrogen-bond donors (Lipinski definition) is 1. The van der Waals surface area contributed by atoms with Gasteiger partial charge in [0.1, 0.15) is 0 Å². The maximum Gasteiger partial charge on any atom is 0.289 e. The van der Waals surface area contributed by atoms with E-state index in [2.05, 4.69) is 5.32 Å². The van der Waals surface area contributed by atoms with E-state index >= 15 is 0 Å². The number of likely N-dealkylation sites (tertiary alicyclic amines) is 1. The van der Waals surface area contributed by atoms with Crippen molar-refractivity contribution in [3.05, 3.63) is 24.2 Å². The Balaban J connectivity index is 1.17. The molecule has 2 amide bonds. The van der Waals surface area contributed by atoms with Gasteiger partial charge in [0.15, 0.2) is 5.76 Å². The summed E-state index contributed by atoms with van der Waals surface area (Å²) >= 11 is 0. The van der Waals surface area contributed by atoms with Gasteiger partial charge in [-0.15, -0.1) is 0 Å². The molecule has 6 atom stereocenters. The number of hydrogen-bond acceptors (Lipinski definition) is 3. The van der Waals surface area contributed by atoms with Crippen LogP contribution in [0.25, 0.3) is 0 Å². The molecule has 1 saturated heterocycles. The zero-order valence-corrected chi connectivity index (χ0v) is 15.0. The first kappa shape index (κ1) is 15.3. The molecule has 4 aliphatic carbocycles. The van der Waals surface area contributed by atoms with E-state index in [1.165, 1.54) is 19.3 Å². The first-order chi connectivity index (χ1) is 12.7. The average Bonchev–Trinajstić information content (AvgIpc) is 3.25. The van der Waals surface area contributed by atoms with Gasteiger partial charge in [0.2, 0.25) is 5.91 Å². The third-order valence-corrected chi connectivity index (χ3v) is 8.08. The zero-order valence-electron chi connectivity index (χ0n) is 15.0. The van der Waals surface area contributed by atoms with Crippen LogP contribution in [0.3, 0.4) is 0 Å². The number of rotatable bonds is 4. The van der Waals surface area contributed by atoms with Gasteiger partial charge < -0.3 is 14.6 Å². The lowest BCUT2D eigenvalue weighted by Crippen LogP contribution is -2.53.